The van der Waals surface area contributed by atoms with Crippen molar-refractivity contribution in [2.45, 2.75) is 25.4 Å². The lowest BCUT2D eigenvalue weighted by atomic mass is 10.0. The highest BCUT2D eigenvalue weighted by atomic mass is 79.9. The predicted molar refractivity (Wildman–Crippen MR) is 78.6 cm³/mol. The van der Waals surface area contributed by atoms with E-state index in [0.29, 0.717) is 22.9 Å². The quantitative estimate of drug-likeness (QED) is 0.877. The fraction of sp³-hybridized carbons (Fsp3) is 0.250. The van der Waals surface area contributed by atoms with Crippen molar-refractivity contribution < 1.29 is 9.50 Å². The largest absolute Gasteiger partial charge is 0.393 e. The van der Waals surface area contributed by atoms with Gasteiger partial charge in [0.25, 0.3) is 0 Å². The van der Waals surface area contributed by atoms with Crippen LogP contribution in [0.15, 0.2) is 53.0 Å². The zero-order valence-corrected chi connectivity index (χ0v) is 12.1. The van der Waals surface area contributed by atoms with Gasteiger partial charge in [-0.25, -0.2) is 4.39 Å². The summed E-state index contributed by atoms with van der Waals surface area (Å²) in [6, 6.07) is 14.9. The van der Waals surface area contributed by atoms with Crippen molar-refractivity contribution in [3.05, 3.63) is 69.9 Å². The Labute approximate surface area is 121 Å². The van der Waals surface area contributed by atoms with Gasteiger partial charge in [0.1, 0.15) is 5.82 Å². The summed E-state index contributed by atoms with van der Waals surface area (Å²) in [5, 5.41) is 9.98. The summed E-state index contributed by atoms with van der Waals surface area (Å²) in [7, 11) is 0. The Morgan fingerprint density at radius 2 is 1.84 bits per heavy atom. The molecule has 1 N–H and O–H groups in total. The van der Waals surface area contributed by atoms with E-state index < -0.39 is 6.10 Å². The molecule has 2 aromatic rings. The second-order valence-electron chi connectivity index (χ2n) is 4.62. The van der Waals surface area contributed by atoms with E-state index in [4.69, 9.17) is 0 Å². The molecule has 0 heterocycles. The summed E-state index contributed by atoms with van der Waals surface area (Å²) < 4.78 is 14.3. The molecule has 0 fully saturated rings. The molecular weight excluding hydrogens is 307 g/mol. The van der Waals surface area contributed by atoms with Crippen LogP contribution in [0.5, 0.6) is 0 Å². The van der Waals surface area contributed by atoms with Gasteiger partial charge in [0.2, 0.25) is 0 Å². The Morgan fingerprint density at radius 3 is 2.53 bits per heavy atom. The smallest absolute Gasteiger partial charge is 0.127 e. The van der Waals surface area contributed by atoms with Gasteiger partial charge >= 0.3 is 0 Å². The molecule has 0 saturated carbocycles. The molecule has 0 spiro atoms. The van der Waals surface area contributed by atoms with Crippen LogP contribution in [-0.2, 0) is 12.8 Å². The van der Waals surface area contributed by atoms with Gasteiger partial charge in [-0.3, -0.25) is 0 Å². The van der Waals surface area contributed by atoms with Gasteiger partial charge in [-0.2, -0.15) is 0 Å². The molecule has 0 aliphatic rings. The Kier molecular flexibility index (Phi) is 5.11. The molecule has 2 aromatic carbocycles. The third-order valence-corrected chi connectivity index (χ3v) is 3.57. The number of benzene rings is 2. The Morgan fingerprint density at radius 1 is 1.11 bits per heavy atom. The molecular formula is C16H16BrFO. The van der Waals surface area contributed by atoms with Crippen LogP contribution in [-0.4, -0.2) is 11.2 Å². The second kappa shape index (κ2) is 6.83. The number of aliphatic hydroxyl groups excluding tert-OH is 1. The first-order valence-electron chi connectivity index (χ1n) is 6.31. The zero-order chi connectivity index (χ0) is 13.7. The van der Waals surface area contributed by atoms with Crippen LogP contribution in [0.25, 0.3) is 0 Å². The van der Waals surface area contributed by atoms with Gasteiger partial charge in [-0.05, 0) is 36.1 Å². The van der Waals surface area contributed by atoms with E-state index in [-0.39, 0.29) is 5.82 Å². The molecule has 0 aliphatic heterocycles. The number of aryl methyl sites for hydroxylation is 1. The van der Waals surface area contributed by atoms with E-state index >= 15 is 0 Å². The van der Waals surface area contributed by atoms with Crippen molar-refractivity contribution in [1.29, 1.82) is 0 Å². The minimum absolute atomic E-state index is 0.270. The van der Waals surface area contributed by atoms with E-state index in [1.165, 1.54) is 11.6 Å². The van der Waals surface area contributed by atoms with Crippen LogP contribution in [0.2, 0.25) is 0 Å². The number of rotatable bonds is 5. The molecule has 0 saturated heterocycles. The van der Waals surface area contributed by atoms with Gasteiger partial charge in [-0.15, -0.1) is 0 Å². The van der Waals surface area contributed by atoms with Crippen molar-refractivity contribution in [2.75, 3.05) is 0 Å². The topological polar surface area (TPSA) is 20.2 Å². The van der Waals surface area contributed by atoms with Crippen LogP contribution < -0.4 is 0 Å². The van der Waals surface area contributed by atoms with Crippen molar-refractivity contribution >= 4 is 15.9 Å². The molecule has 1 atom stereocenters. The Bertz CT molecular complexity index is 528. The van der Waals surface area contributed by atoms with E-state index in [9.17, 15) is 9.50 Å². The average Bonchev–Trinajstić information content (AvgIpc) is 2.41. The normalized spacial score (nSPS) is 12.4. The van der Waals surface area contributed by atoms with Gasteiger partial charge in [0.15, 0.2) is 0 Å². The Hall–Kier alpha value is -1.19. The fourth-order valence-electron chi connectivity index (χ4n) is 2.02. The highest BCUT2D eigenvalue weighted by Crippen LogP contribution is 2.18. The molecule has 3 heteroatoms. The standard InChI is InChI=1S/C16H16BrFO/c17-14-8-7-13(16(18)11-14)10-15(19)9-6-12-4-2-1-3-5-12/h1-5,7-8,11,15,19H,6,9-10H2. The third-order valence-electron chi connectivity index (χ3n) is 3.08. The van der Waals surface area contributed by atoms with Gasteiger partial charge < -0.3 is 5.11 Å². The average molecular weight is 323 g/mol. The zero-order valence-electron chi connectivity index (χ0n) is 10.5. The molecule has 1 nitrogen and oxygen atoms in total. The van der Waals surface area contributed by atoms with E-state index in [1.54, 1.807) is 12.1 Å². The highest BCUT2D eigenvalue weighted by molar-refractivity contribution is 9.10. The fourth-order valence-corrected chi connectivity index (χ4v) is 2.35. The lowest BCUT2D eigenvalue weighted by molar-refractivity contribution is 0.164. The molecule has 1 unspecified atom stereocenters. The Balaban J connectivity index is 1.89. The molecule has 19 heavy (non-hydrogen) atoms. The first-order chi connectivity index (χ1) is 9.15. The number of aliphatic hydroxyl groups is 1. The van der Waals surface area contributed by atoms with Crippen molar-refractivity contribution in [1.82, 2.24) is 0 Å². The van der Waals surface area contributed by atoms with Crippen molar-refractivity contribution in [3.8, 4) is 0 Å². The van der Waals surface area contributed by atoms with Crippen LogP contribution in [0.1, 0.15) is 17.5 Å². The predicted octanol–water partition coefficient (Wildman–Crippen LogP) is 4.12. The number of halogens is 2. The minimum Gasteiger partial charge on any atom is -0.393 e. The van der Waals surface area contributed by atoms with Crippen LogP contribution >= 0.6 is 15.9 Å². The van der Waals surface area contributed by atoms with Crippen molar-refractivity contribution in [2.24, 2.45) is 0 Å². The minimum atomic E-state index is -0.518. The lowest BCUT2D eigenvalue weighted by Crippen LogP contribution is -2.12. The van der Waals surface area contributed by atoms with Crippen molar-refractivity contribution in [3.63, 3.8) is 0 Å². The summed E-state index contributed by atoms with van der Waals surface area (Å²) in [4.78, 5) is 0. The van der Waals surface area contributed by atoms with Gasteiger partial charge in [0, 0.05) is 10.9 Å². The second-order valence-corrected chi connectivity index (χ2v) is 5.53. The van der Waals surface area contributed by atoms with Crippen LogP contribution in [0.3, 0.4) is 0 Å². The molecule has 0 amide bonds. The van der Waals surface area contributed by atoms with Gasteiger partial charge in [0.05, 0.1) is 6.10 Å². The first-order valence-corrected chi connectivity index (χ1v) is 7.10. The van der Waals surface area contributed by atoms with E-state index in [2.05, 4.69) is 15.9 Å². The highest BCUT2D eigenvalue weighted by Gasteiger charge is 2.10. The summed E-state index contributed by atoms with van der Waals surface area (Å²) >= 11 is 3.22. The monoisotopic (exact) mass is 322 g/mol. The lowest BCUT2D eigenvalue weighted by Gasteiger charge is -2.11. The van der Waals surface area contributed by atoms with E-state index in [1.807, 2.05) is 30.3 Å². The molecule has 0 radical (unpaired) electrons. The van der Waals surface area contributed by atoms with Crippen LogP contribution in [0, 0.1) is 5.82 Å². The maximum absolute atomic E-state index is 13.6. The maximum atomic E-state index is 13.6. The molecule has 100 valence electrons. The molecule has 0 aromatic heterocycles. The first kappa shape index (κ1) is 14.2. The molecule has 0 aliphatic carbocycles. The SMILES string of the molecule is OC(CCc1ccccc1)Cc1ccc(Br)cc1F. The van der Waals surface area contributed by atoms with E-state index in [0.717, 1.165) is 6.42 Å². The summed E-state index contributed by atoms with van der Waals surface area (Å²) in [5.74, 6) is -0.270. The summed E-state index contributed by atoms with van der Waals surface area (Å²) in [6.07, 6.45) is 1.28. The summed E-state index contributed by atoms with van der Waals surface area (Å²) in [6.45, 7) is 0. The summed E-state index contributed by atoms with van der Waals surface area (Å²) in [5.41, 5.74) is 1.75. The number of hydrogen-bond acceptors (Lipinski definition) is 1. The third kappa shape index (κ3) is 4.44. The van der Waals surface area contributed by atoms with Crippen LogP contribution in [0.4, 0.5) is 4.39 Å². The molecule has 2 rings (SSSR count). The van der Waals surface area contributed by atoms with Gasteiger partial charge in [-0.1, -0.05) is 52.3 Å². The number of hydrogen-bond donors (Lipinski definition) is 1. The maximum Gasteiger partial charge on any atom is 0.127 e. The molecule has 0 bridgehead atoms.